The number of ether oxygens (including phenoxy) is 4. The molecule has 7 amide bonds. The summed E-state index contributed by atoms with van der Waals surface area (Å²) in [7, 11) is 0. The van der Waals surface area contributed by atoms with E-state index >= 15 is 4.39 Å². The van der Waals surface area contributed by atoms with Crippen molar-refractivity contribution >= 4 is 58.2 Å². The molecule has 0 spiro atoms. The number of carbonyl (C=O) groups is 8. The van der Waals surface area contributed by atoms with Crippen molar-refractivity contribution in [3.63, 3.8) is 0 Å². The van der Waals surface area contributed by atoms with Gasteiger partial charge < -0.3 is 55.2 Å². The van der Waals surface area contributed by atoms with Crippen LogP contribution in [0.15, 0.2) is 59.4 Å². The summed E-state index contributed by atoms with van der Waals surface area (Å²) in [6, 6.07) is 9.95. The van der Waals surface area contributed by atoms with E-state index in [-0.39, 0.29) is 76.5 Å². The molecule has 3 aliphatic heterocycles. The molecule has 8 rings (SSSR count). The molecule has 4 aromatic rings. The van der Waals surface area contributed by atoms with E-state index in [2.05, 4.69) is 26.6 Å². The molecule has 390 valence electrons. The number of hydrogen-bond acceptors (Lipinski definition) is 15. The number of aliphatic hydroxyl groups is 1. The van der Waals surface area contributed by atoms with Gasteiger partial charge in [-0.1, -0.05) is 37.3 Å². The maximum absolute atomic E-state index is 15.4. The minimum absolute atomic E-state index is 0.0270. The van der Waals surface area contributed by atoms with Gasteiger partial charge in [-0.25, -0.2) is 14.2 Å². The van der Waals surface area contributed by atoms with Crippen LogP contribution in [-0.2, 0) is 88.9 Å². The third-order valence-electron chi connectivity index (χ3n) is 13.3. The lowest BCUT2D eigenvalue weighted by Crippen LogP contribution is -2.52. The molecule has 3 atom stereocenters. The molecule has 0 bridgehead atoms. The Labute approximate surface area is 422 Å². The quantitative estimate of drug-likeness (QED) is 0.0218. The number of esters is 1. The Bertz CT molecular complexity index is 3000. The zero-order valence-corrected chi connectivity index (χ0v) is 40.6. The summed E-state index contributed by atoms with van der Waals surface area (Å²) in [4.78, 5) is 121. The average Bonchev–Trinajstić information content (AvgIpc) is 3.93. The first-order valence-corrected chi connectivity index (χ1v) is 24.1. The van der Waals surface area contributed by atoms with Crippen molar-refractivity contribution in [3.8, 4) is 11.4 Å². The Morgan fingerprint density at radius 2 is 1.61 bits per heavy atom. The number of halogens is 1. The van der Waals surface area contributed by atoms with Crippen LogP contribution in [0, 0.1) is 12.7 Å². The lowest BCUT2D eigenvalue weighted by Gasteiger charge is -2.31. The summed E-state index contributed by atoms with van der Waals surface area (Å²) >= 11 is 0. The van der Waals surface area contributed by atoms with Gasteiger partial charge >= 0.3 is 5.97 Å². The van der Waals surface area contributed by atoms with Crippen molar-refractivity contribution in [2.45, 2.75) is 76.8 Å². The molecule has 74 heavy (non-hydrogen) atoms. The number of hydrogen-bond donors (Lipinski definition) is 6. The summed E-state index contributed by atoms with van der Waals surface area (Å²) < 4.78 is 38.3. The zero-order chi connectivity index (χ0) is 52.7. The molecule has 5 heterocycles. The second kappa shape index (κ2) is 23.0. The van der Waals surface area contributed by atoms with Crippen LogP contribution < -0.4 is 32.1 Å². The molecule has 6 N–H and O–H groups in total. The largest absolute Gasteiger partial charge is 0.458 e. The fourth-order valence-electron chi connectivity index (χ4n) is 9.43. The molecular formula is C51H55FN8O14. The van der Waals surface area contributed by atoms with Gasteiger partial charge in [-0.2, -0.15) is 0 Å². The van der Waals surface area contributed by atoms with Crippen LogP contribution in [-0.4, -0.2) is 132 Å². The molecule has 2 aromatic carbocycles. The van der Waals surface area contributed by atoms with Gasteiger partial charge in [0.2, 0.25) is 29.5 Å². The van der Waals surface area contributed by atoms with Crippen molar-refractivity contribution in [1.29, 1.82) is 0 Å². The van der Waals surface area contributed by atoms with Gasteiger partial charge in [-0.05, 0) is 54.5 Å². The third kappa shape index (κ3) is 11.4. The minimum atomic E-state index is -2.05. The lowest BCUT2D eigenvalue weighted by molar-refractivity contribution is -0.172. The summed E-state index contributed by atoms with van der Waals surface area (Å²) in [5, 5.41) is 25.0. The number of rotatable bonds is 23. The molecule has 0 radical (unpaired) electrons. The number of amides is 7. The fraction of sp³-hybridized carbons (Fsp3) is 0.412. The van der Waals surface area contributed by atoms with Gasteiger partial charge in [-0.15, -0.1) is 0 Å². The van der Waals surface area contributed by atoms with Crippen molar-refractivity contribution in [2.75, 3.05) is 59.4 Å². The van der Waals surface area contributed by atoms with Crippen LogP contribution in [0.4, 0.5) is 4.39 Å². The highest BCUT2D eigenvalue weighted by molar-refractivity contribution is 6.12. The number of aryl methyl sites for hydroxylation is 1. The summed E-state index contributed by atoms with van der Waals surface area (Å²) in [5.41, 5.74) is 1.91. The van der Waals surface area contributed by atoms with Crippen molar-refractivity contribution in [1.82, 2.24) is 41.0 Å². The number of cyclic esters (lactones) is 1. The number of imide groups is 1. The Morgan fingerprint density at radius 1 is 0.878 bits per heavy atom. The second-order valence-corrected chi connectivity index (χ2v) is 18.0. The van der Waals surface area contributed by atoms with Gasteiger partial charge in [-0.3, -0.25) is 43.3 Å². The number of nitrogens with zero attached hydrogens (tertiary/aromatic N) is 3. The highest BCUT2D eigenvalue weighted by Gasteiger charge is 2.46. The van der Waals surface area contributed by atoms with E-state index in [4.69, 9.17) is 23.9 Å². The van der Waals surface area contributed by atoms with Crippen molar-refractivity contribution < 1.29 is 66.8 Å². The molecule has 22 nitrogen and oxygen atoms in total. The number of aromatic nitrogens is 2. The first kappa shape index (κ1) is 52.6. The maximum Gasteiger partial charge on any atom is 0.343 e. The Balaban J connectivity index is 0.801. The number of carbonyl (C=O) groups excluding carboxylic acids is 8. The molecule has 23 heteroatoms. The molecule has 0 saturated carbocycles. The molecule has 0 saturated heterocycles. The predicted octanol–water partition coefficient (Wildman–Crippen LogP) is 0.0291. The first-order valence-electron chi connectivity index (χ1n) is 24.1. The number of benzene rings is 2. The van der Waals surface area contributed by atoms with Crippen molar-refractivity contribution in [2.24, 2.45) is 0 Å². The summed E-state index contributed by atoms with van der Waals surface area (Å²) in [6.45, 7) is 1.74. The molecule has 4 aliphatic rings. The SMILES string of the molecule is CC[C@@]1(O)C(=O)OCc2c1cc1n(c2=O)Cc2c-1nc1cc(F)c(C)c3c1c2[C@@H](NC(=O)COCNC(=O)CNC(=O)C(Cc1ccccc1)NC(=O)CNC(=O)CCOCCOCCN1C(=O)C=CC1=O)CC3. The Kier molecular flexibility index (Phi) is 16.3. The van der Waals surface area contributed by atoms with Crippen molar-refractivity contribution in [3.05, 3.63) is 110 Å². The summed E-state index contributed by atoms with van der Waals surface area (Å²) in [6.07, 6.45) is 3.10. The van der Waals surface area contributed by atoms with E-state index < -0.39 is 103 Å². The monoisotopic (exact) mass is 1020 g/mol. The topological polar surface area (TPSA) is 292 Å². The average molecular weight is 1020 g/mol. The molecule has 1 unspecified atom stereocenters. The number of nitrogens with one attached hydrogen (secondary N) is 5. The highest BCUT2D eigenvalue weighted by atomic mass is 19.1. The fourth-order valence-corrected chi connectivity index (χ4v) is 9.43. The summed E-state index contributed by atoms with van der Waals surface area (Å²) in [5.74, 6) is -5.17. The molecule has 2 aromatic heterocycles. The minimum Gasteiger partial charge on any atom is -0.458 e. The van der Waals surface area contributed by atoms with Crippen LogP contribution in [0.25, 0.3) is 22.3 Å². The Morgan fingerprint density at radius 3 is 2.35 bits per heavy atom. The molecular weight excluding hydrogens is 968 g/mol. The van der Waals surface area contributed by atoms with E-state index in [1.807, 2.05) is 0 Å². The van der Waals surface area contributed by atoms with Crippen LogP contribution in [0.5, 0.6) is 0 Å². The zero-order valence-electron chi connectivity index (χ0n) is 40.6. The normalized spacial score (nSPS) is 17.5. The number of pyridine rings is 2. The van der Waals surface area contributed by atoms with E-state index in [0.29, 0.717) is 57.4 Å². The van der Waals surface area contributed by atoms with Gasteiger partial charge in [0, 0.05) is 47.6 Å². The van der Waals surface area contributed by atoms with Gasteiger partial charge in [0.25, 0.3) is 17.4 Å². The van der Waals surface area contributed by atoms with Gasteiger partial charge in [0.05, 0.1) is 81.1 Å². The van der Waals surface area contributed by atoms with E-state index in [1.54, 1.807) is 50.2 Å². The maximum atomic E-state index is 15.4. The predicted molar refractivity (Wildman–Crippen MR) is 258 cm³/mol. The molecule has 0 fully saturated rings. The molecule has 1 aliphatic carbocycles. The lowest BCUT2D eigenvalue weighted by atomic mass is 9.81. The smallest absolute Gasteiger partial charge is 0.343 e. The van der Waals surface area contributed by atoms with Crippen LogP contribution in [0.2, 0.25) is 0 Å². The van der Waals surface area contributed by atoms with Crippen LogP contribution >= 0.6 is 0 Å². The van der Waals surface area contributed by atoms with E-state index in [0.717, 1.165) is 10.5 Å². The second-order valence-electron chi connectivity index (χ2n) is 18.0. The van der Waals surface area contributed by atoms with E-state index in [1.165, 1.54) is 22.8 Å². The van der Waals surface area contributed by atoms with Gasteiger partial charge in [0.1, 0.15) is 31.8 Å². The van der Waals surface area contributed by atoms with Gasteiger partial charge in [0.15, 0.2) is 5.60 Å². The third-order valence-corrected chi connectivity index (χ3v) is 13.3. The van der Waals surface area contributed by atoms with Crippen LogP contribution in [0.3, 0.4) is 0 Å². The number of fused-ring (bicyclic) bond motifs is 5. The Hall–Kier alpha value is -7.73. The van der Waals surface area contributed by atoms with E-state index in [9.17, 15) is 48.3 Å². The standard InChI is InChI=1S/C51H55FN8O14/c1-3-51(70)33-20-38-47-31(24-60(38)49(68)32(33)25-74-50(51)69)46-35(10-9-30-28(2)34(52)21-36(58-47)45(30)46)56-42(64)26-73-27-55-40(62)22-54-48(67)37(19-29-7-5-4-6-8-29)57-41(63)23-53-39(61)13-15-71-17-18-72-16-14-59-43(65)11-12-44(59)66/h4-8,11-12,20-21,35,37,70H,3,9-10,13-19,22-27H2,1-2H3,(H,53,61)(H,54,67)(H,55,62)(H,56,64)(H,57,63)/t35-,37?,51-/m0/s1. The first-order chi connectivity index (χ1) is 35.6. The highest BCUT2D eigenvalue weighted by Crippen LogP contribution is 2.46. The van der Waals surface area contributed by atoms with Crippen LogP contribution in [0.1, 0.15) is 71.2 Å².